The number of nitrogens with zero attached hydrogens (tertiary/aromatic N) is 1. The maximum absolute atomic E-state index is 12.2. The van der Waals surface area contributed by atoms with Crippen LogP contribution >= 0.6 is 0 Å². The van der Waals surface area contributed by atoms with Gasteiger partial charge in [-0.15, -0.1) is 0 Å². The minimum Gasteiger partial charge on any atom is -0.368 e. The smallest absolute Gasteiger partial charge is 0.251 e. The Morgan fingerprint density at radius 1 is 1.44 bits per heavy atom. The van der Waals surface area contributed by atoms with Gasteiger partial charge in [0.15, 0.2) is 0 Å². The highest BCUT2D eigenvalue weighted by molar-refractivity contribution is 5.81. The number of carbonyl (C=O) groups excluding carboxylic acids is 1. The van der Waals surface area contributed by atoms with Crippen molar-refractivity contribution in [3.05, 3.63) is 0 Å². The van der Waals surface area contributed by atoms with Gasteiger partial charge in [-0.1, -0.05) is 6.92 Å². The Morgan fingerprint density at radius 2 is 2.25 bits per heavy atom. The van der Waals surface area contributed by atoms with Crippen molar-refractivity contribution < 1.29 is 9.53 Å². The van der Waals surface area contributed by atoms with E-state index in [-0.39, 0.29) is 12.0 Å². The van der Waals surface area contributed by atoms with Crippen molar-refractivity contribution in [2.24, 2.45) is 5.73 Å². The molecule has 1 rings (SSSR count). The quantitative estimate of drug-likeness (QED) is 0.742. The van der Waals surface area contributed by atoms with E-state index in [9.17, 15) is 4.79 Å². The molecule has 0 saturated carbocycles. The minimum atomic E-state index is -0.196. The summed E-state index contributed by atoms with van der Waals surface area (Å²) in [6.45, 7) is 5.04. The van der Waals surface area contributed by atoms with E-state index < -0.39 is 0 Å². The number of amides is 1. The Bertz CT molecular complexity index is 203. The molecule has 0 spiro atoms. The maximum Gasteiger partial charge on any atom is 0.251 e. The van der Waals surface area contributed by atoms with Crippen molar-refractivity contribution >= 4 is 5.91 Å². The second-order valence-electron chi connectivity index (χ2n) is 4.32. The lowest BCUT2D eigenvalue weighted by molar-refractivity contribution is -0.146. The first-order chi connectivity index (χ1) is 7.79. The second-order valence-corrected chi connectivity index (χ2v) is 4.32. The number of hydrogen-bond acceptors (Lipinski definition) is 3. The van der Waals surface area contributed by atoms with Gasteiger partial charge in [-0.3, -0.25) is 4.79 Å². The Labute approximate surface area is 98.1 Å². The zero-order chi connectivity index (χ0) is 11.8. The lowest BCUT2D eigenvalue weighted by atomic mass is 10.1. The fourth-order valence-electron chi connectivity index (χ4n) is 2.02. The van der Waals surface area contributed by atoms with Gasteiger partial charge in [0.25, 0.3) is 5.91 Å². The summed E-state index contributed by atoms with van der Waals surface area (Å²) in [5.74, 6) is 0.162. The average Bonchev–Trinajstić information content (AvgIpc) is 2.35. The third kappa shape index (κ3) is 4.10. The molecule has 4 nitrogen and oxygen atoms in total. The summed E-state index contributed by atoms with van der Waals surface area (Å²) in [5, 5.41) is 0. The lowest BCUT2D eigenvalue weighted by Crippen LogP contribution is -2.43. The van der Waals surface area contributed by atoms with Gasteiger partial charge < -0.3 is 15.4 Å². The topological polar surface area (TPSA) is 55.6 Å². The molecular weight excluding hydrogens is 204 g/mol. The summed E-state index contributed by atoms with van der Waals surface area (Å²) in [7, 11) is 0. The lowest BCUT2D eigenvalue weighted by Gasteiger charge is -2.29. The fraction of sp³-hybridized carbons (Fsp3) is 0.917. The second kappa shape index (κ2) is 7.63. The van der Waals surface area contributed by atoms with Crippen LogP contribution in [0.1, 0.15) is 39.0 Å². The molecule has 0 aromatic heterocycles. The van der Waals surface area contributed by atoms with E-state index in [4.69, 9.17) is 10.5 Å². The molecule has 1 aliphatic heterocycles. The average molecular weight is 228 g/mol. The van der Waals surface area contributed by atoms with E-state index in [0.29, 0.717) is 6.54 Å². The monoisotopic (exact) mass is 228 g/mol. The summed E-state index contributed by atoms with van der Waals surface area (Å²) in [4.78, 5) is 14.1. The SMILES string of the molecule is CCCN(CCCN)C(=O)C1CCCCO1. The van der Waals surface area contributed by atoms with Crippen molar-refractivity contribution in [2.45, 2.75) is 45.1 Å². The largest absolute Gasteiger partial charge is 0.368 e. The highest BCUT2D eigenvalue weighted by Crippen LogP contribution is 2.15. The molecule has 94 valence electrons. The van der Waals surface area contributed by atoms with Crippen molar-refractivity contribution in [1.82, 2.24) is 4.90 Å². The van der Waals surface area contributed by atoms with Gasteiger partial charge in [-0.2, -0.15) is 0 Å². The van der Waals surface area contributed by atoms with Crippen molar-refractivity contribution in [1.29, 1.82) is 0 Å². The third-order valence-corrected chi connectivity index (χ3v) is 2.89. The predicted molar refractivity (Wildman–Crippen MR) is 64.1 cm³/mol. The van der Waals surface area contributed by atoms with E-state index in [2.05, 4.69) is 6.92 Å². The molecule has 1 atom stereocenters. The maximum atomic E-state index is 12.2. The van der Waals surface area contributed by atoms with E-state index >= 15 is 0 Å². The molecule has 4 heteroatoms. The van der Waals surface area contributed by atoms with Crippen LogP contribution in [0.5, 0.6) is 0 Å². The number of nitrogens with two attached hydrogens (primary N) is 1. The number of rotatable bonds is 6. The molecule has 1 fully saturated rings. The first-order valence-corrected chi connectivity index (χ1v) is 6.40. The number of ether oxygens (including phenoxy) is 1. The van der Waals surface area contributed by atoms with Crippen LogP contribution in [0, 0.1) is 0 Å². The molecule has 0 radical (unpaired) electrons. The summed E-state index contributed by atoms with van der Waals surface area (Å²) in [6.07, 6.45) is 4.73. The highest BCUT2D eigenvalue weighted by atomic mass is 16.5. The first-order valence-electron chi connectivity index (χ1n) is 6.40. The Kier molecular flexibility index (Phi) is 6.42. The molecule has 0 aromatic carbocycles. The normalized spacial score (nSPS) is 20.8. The fourth-order valence-corrected chi connectivity index (χ4v) is 2.02. The molecule has 0 bridgehead atoms. The summed E-state index contributed by atoms with van der Waals surface area (Å²) >= 11 is 0. The minimum absolute atomic E-state index is 0.162. The molecule has 0 aliphatic carbocycles. The van der Waals surface area contributed by atoms with E-state index in [1.807, 2.05) is 4.90 Å². The van der Waals surface area contributed by atoms with Crippen molar-refractivity contribution in [2.75, 3.05) is 26.2 Å². The van der Waals surface area contributed by atoms with Crippen LogP contribution in [0.25, 0.3) is 0 Å². The highest BCUT2D eigenvalue weighted by Gasteiger charge is 2.25. The molecule has 1 aliphatic rings. The van der Waals surface area contributed by atoms with Gasteiger partial charge in [0.05, 0.1) is 0 Å². The Balaban J connectivity index is 2.44. The third-order valence-electron chi connectivity index (χ3n) is 2.89. The molecular formula is C12H24N2O2. The molecule has 1 amide bonds. The summed E-state index contributed by atoms with van der Waals surface area (Å²) in [5.41, 5.74) is 5.48. The number of hydrogen-bond donors (Lipinski definition) is 1. The van der Waals surface area contributed by atoms with Crippen LogP contribution in [-0.4, -0.2) is 43.2 Å². The molecule has 1 heterocycles. The van der Waals surface area contributed by atoms with Crippen LogP contribution in [0.2, 0.25) is 0 Å². The Hall–Kier alpha value is -0.610. The predicted octanol–water partition coefficient (Wildman–Crippen LogP) is 1.14. The van der Waals surface area contributed by atoms with Gasteiger partial charge in [0.1, 0.15) is 6.10 Å². The molecule has 1 unspecified atom stereocenters. The van der Waals surface area contributed by atoms with Crippen LogP contribution in [0.3, 0.4) is 0 Å². The van der Waals surface area contributed by atoms with E-state index in [0.717, 1.165) is 51.8 Å². The van der Waals surface area contributed by atoms with Crippen LogP contribution in [0.4, 0.5) is 0 Å². The van der Waals surface area contributed by atoms with Crippen LogP contribution in [-0.2, 0) is 9.53 Å². The zero-order valence-corrected chi connectivity index (χ0v) is 10.3. The van der Waals surface area contributed by atoms with Crippen LogP contribution < -0.4 is 5.73 Å². The van der Waals surface area contributed by atoms with E-state index in [1.54, 1.807) is 0 Å². The van der Waals surface area contributed by atoms with Gasteiger partial charge in [-0.05, 0) is 38.6 Å². The summed E-state index contributed by atoms with van der Waals surface area (Å²) in [6, 6.07) is 0. The summed E-state index contributed by atoms with van der Waals surface area (Å²) < 4.78 is 5.52. The van der Waals surface area contributed by atoms with Crippen molar-refractivity contribution in [3.63, 3.8) is 0 Å². The van der Waals surface area contributed by atoms with Crippen LogP contribution in [0.15, 0.2) is 0 Å². The Morgan fingerprint density at radius 3 is 2.81 bits per heavy atom. The molecule has 2 N–H and O–H groups in total. The standard InChI is InChI=1S/C12H24N2O2/c1-2-8-14(9-5-7-13)12(15)11-6-3-4-10-16-11/h11H,2-10,13H2,1H3. The number of carbonyl (C=O) groups is 1. The van der Waals surface area contributed by atoms with E-state index in [1.165, 1.54) is 0 Å². The van der Waals surface area contributed by atoms with Gasteiger partial charge in [0.2, 0.25) is 0 Å². The van der Waals surface area contributed by atoms with Gasteiger partial charge in [-0.25, -0.2) is 0 Å². The zero-order valence-electron chi connectivity index (χ0n) is 10.3. The first kappa shape index (κ1) is 13.5. The molecule has 0 aromatic rings. The molecule has 16 heavy (non-hydrogen) atoms. The molecule has 1 saturated heterocycles. The van der Waals surface area contributed by atoms with Gasteiger partial charge in [0, 0.05) is 19.7 Å². The van der Waals surface area contributed by atoms with Gasteiger partial charge >= 0.3 is 0 Å². The van der Waals surface area contributed by atoms with Crippen molar-refractivity contribution in [3.8, 4) is 0 Å².